The lowest BCUT2D eigenvalue weighted by Gasteiger charge is -2.19. The Balaban J connectivity index is 1.94. The predicted octanol–water partition coefficient (Wildman–Crippen LogP) is 3.65. The molecule has 0 aliphatic heterocycles. The van der Waals surface area contributed by atoms with E-state index in [1.807, 2.05) is 18.4 Å². The third kappa shape index (κ3) is 4.04. The fraction of sp³-hybridized carbons (Fsp3) is 0.579. The van der Waals surface area contributed by atoms with Crippen LogP contribution in [0.3, 0.4) is 0 Å². The van der Waals surface area contributed by atoms with Crippen LogP contribution in [0.25, 0.3) is 10.2 Å². The number of hydrogen-bond acceptors (Lipinski definition) is 6. The molecule has 1 fully saturated rings. The number of thiophene rings is 1. The Kier molecular flexibility index (Phi) is 6.22. The molecule has 2 heterocycles. The monoisotopic (exact) mass is 404 g/mol. The summed E-state index contributed by atoms with van der Waals surface area (Å²) in [5.41, 5.74) is 1.05. The van der Waals surface area contributed by atoms with Crippen LogP contribution in [0.15, 0.2) is 9.95 Å². The molecule has 0 radical (unpaired) electrons. The molecule has 1 aliphatic rings. The van der Waals surface area contributed by atoms with E-state index in [1.54, 1.807) is 23.3 Å². The number of aromatic nitrogens is 2. The Morgan fingerprint density at radius 3 is 2.78 bits per heavy atom. The topological polar surface area (TPSA) is 79.0 Å². The van der Waals surface area contributed by atoms with Gasteiger partial charge in [0.05, 0.1) is 23.6 Å². The molecule has 3 rings (SSSR count). The van der Waals surface area contributed by atoms with Crippen LogP contribution in [0, 0.1) is 25.2 Å². The second-order valence-corrected chi connectivity index (χ2v) is 9.13. The van der Waals surface area contributed by atoms with Crippen molar-refractivity contribution in [3.05, 3.63) is 20.8 Å². The molecular formula is C19H24N4O2S2. The fourth-order valence-corrected chi connectivity index (χ4v) is 5.53. The van der Waals surface area contributed by atoms with Gasteiger partial charge in [-0.05, 0) is 32.3 Å². The normalized spacial score (nSPS) is 14.6. The number of aryl methyl sites for hydroxylation is 2. The number of nitriles is 1. The Labute approximate surface area is 167 Å². The molecule has 1 amide bonds. The van der Waals surface area contributed by atoms with Crippen LogP contribution in [0.1, 0.15) is 48.6 Å². The molecule has 0 saturated heterocycles. The SMILES string of the molecule is Cc1sc2nc(SCC(=O)N(C)CCC#N)n(C3CCCC3)c(=O)c2c1C. The highest BCUT2D eigenvalue weighted by Gasteiger charge is 2.25. The molecule has 0 bridgehead atoms. The van der Waals surface area contributed by atoms with Crippen LogP contribution < -0.4 is 5.56 Å². The highest BCUT2D eigenvalue weighted by atomic mass is 32.2. The van der Waals surface area contributed by atoms with Crippen molar-refractivity contribution < 1.29 is 4.79 Å². The van der Waals surface area contributed by atoms with E-state index in [4.69, 9.17) is 10.2 Å². The first-order valence-corrected chi connectivity index (χ1v) is 11.0. The number of rotatable bonds is 6. The number of fused-ring (bicyclic) bond motifs is 1. The van der Waals surface area contributed by atoms with E-state index in [1.165, 1.54) is 11.8 Å². The Hall–Kier alpha value is -1.85. The van der Waals surface area contributed by atoms with E-state index in [-0.39, 0.29) is 23.3 Å². The van der Waals surface area contributed by atoms with Gasteiger partial charge in [-0.3, -0.25) is 14.2 Å². The first-order valence-electron chi connectivity index (χ1n) is 9.20. The molecule has 8 heteroatoms. The number of amides is 1. The van der Waals surface area contributed by atoms with Crippen LogP contribution in [0.5, 0.6) is 0 Å². The second kappa shape index (κ2) is 8.44. The van der Waals surface area contributed by atoms with E-state index >= 15 is 0 Å². The van der Waals surface area contributed by atoms with Crippen molar-refractivity contribution in [1.29, 1.82) is 5.26 Å². The molecule has 0 aromatic carbocycles. The van der Waals surface area contributed by atoms with Crippen molar-refractivity contribution in [2.75, 3.05) is 19.3 Å². The molecule has 2 aromatic heterocycles. The van der Waals surface area contributed by atoms with Crippen LogP contribution in [0.4, 0.5) is 0 Å². The highest BCUT2D eigenvalue weighted by molar-refractivity contribution is 7.99. The molecule has 144 valence electrons. The summed E-state index contributed by atoms with van der Waals surface area (Å²) in [7, 11) is 1.70. The molecular weight excluding hydrogens is 380 g/mol. The van der Waals surface area contributed by atoms with Crippen LogP contribution in [-0.2, 0) is 4.79 Å². The molecule has 1 aliphatic carbocycles. The lowest BCUT2D eigenvalue weighted by molar-refractivity contribution is -0.127. The van der Waals surface area contributed by atoms with Gasteiger partial charge >= 0.3 is 0 Å². The Morgan fingerprint density at radius 2 is 2.11 bits per heavy atom. The second-order valence-electron chi connectivity index (χ2n) is 6.98. The third-order valence-electron chi connectivity index (χ3n) is 5.20. The predicted molar refractivity (Wildman–Crippen MR) is 109 cm³/mol. The zero-order chi connectivity index (χ0) is 19.6. The summed E-state index contributed by atoms with van der Waals surface area (Å²) in [6.07, 6.45) is 4.53. The van der Waals surface area contributed by atoms with E-state index in [2.05, 4.69) is 6.07 Å². The van der Waals surface area contributed by atoms with Gasteiger partial charge in [-0.1, -0.05) is 24.6 Å². The van der Waals surface area contributed by atoms with E-state index in [9.17, 15) is 9.59 Å². The van der Waals surface area contributed by atoms with Gasteiger partial charge in [0.25, 0.3) is 5.56 Å². The van der Waals surface area contributed by atoms with E-state index in [0.717, 1.165) is 46.3 Å². The van der Waals surface area contributed by atoms with Crippen molar-refractivity contribution in [2.24, 2.45) is 0 Å². The number of hydrogen-bond donors (Lipinski definition) is 0. The summed E-state index contributed by atoms with van der Waals surface area (Å²) in [5, 5.41) is 10.0. The average molecular weight is 405 g/mol. The maximum absolute atomic E-state index is 13.3. The number of thioether (sulfide) groups is 1. The zero-order valence-corrected chi connectivity index (χ0v) is 17.6. The van der Waals surface area contributed by atoms with E-state index in [0.29, 0.717) is 18.1 Å². The summed E-state index contributed by atoms with van der Waals surface area (Å²) in [4.78, 5) is 33.8. The van der Waals surface area contributed by atoms with E-state index < -0.39 is 0 Å². The first kappa shape index (κ1) is 19.9. The van der Waals surface area contributed by atoms with Gasteiger partial charge in [-0.25, -0.2) is 4.98 Å². The summed E-state index contributed by atoms with van der Waals surface area (Å²) in [5.74, 6) is 0.164. The van der Waals surface area contributed by atoms with Gasteiger partial charge < -0.3 is 4.90 Å². The van der Waals surface area contributed by atoms with Gasteiger partial charge in [0.2, 0.25) is 5.91 Å². The summed E-state index contributed by atoms with van der Waals surface area (Å²) < 4.78 is 1.84. The van der Waals surface area contributed by atoms with Crippen molar-refractivity contribution in [3.63, 3.8) is 0 Å². The van der Waals surface area contributed by atoms with Crippen molar-refractivity contribution in [3.8, 4) is 6.07 Å². The van der Waals surface area contributed by atoms with Gasteiger partial charge in [-0.2, -0.15) is 5.26 Å². The van der Waals surface area contributed by atoms with Crippen LogP contribution in [-0.4, -0.2) is 39.7 Å². The van der Waals surface area contributed by atoms with Gasteiger partial charge in [0, 0.05) is 24.5 Å². The molecule has 0 N–H and O–H groups in total. The number of carbonyl (C=O) groups excluding carboxylic acids is 1. The third-order valence-corrected chi connectivity index (χ3v) is 7.24. The molecule has 2 aromatic rings. The minimum Gasteiger partial charge on any atom is -0.344 e. The smallest absolute Gasteiger partial charge is 0.263 e. The minimum atomic E-state index is -0.0545. The van der Waals surface area contributed by atoms with Gasteiger partial charge in [0.15, 0.2) is 5.16 Å². The Bertz CT molecular complexity index is 951. The molecule has 0 spiro atoms. The lowest BCUT2D eigenvalue weighted by atomic mass is 10.2. The number of carbonyl (C=O) groups is 1. The fourth-order valence-electron chi connectivity index (χ4n) is 3.45. The molecule has 0 unspecified atom stereocenters. The van der Waals surface area contributed by atoms with Gasteiger partial charge in [-0.15, -0.1) is 11.3 Å². The largest absolute Gasteiger partial charge is 0.344 e. The molecule has 6 nitrogen and oxygen atoms in total. The molecule has 0 atom stereocenters. The highest BCUT2D eigenvalue weighted by Crippen LogP contribution is 2.34. The average Bonchev–Trinajstić information content (AvgIpc) is 3.26. The lowest BCUT2D eigenvalue weighted by Crippen LogP contribution is -2.30. The van der Waals surface area contributed by atoms with Crippen molar-refractivity contribution in [1.82, 2.24) is 14.5 Å². The molecule has 1 saturated carbocycles. The quantitative estimate of drug-likeness (QED) is 0.542. The zero-order valence-electron chi connectivity index (χ0n) is 15.9. The number of nitrogens with zero attached hydrogens (tertiary/aromatic N) is 4. The maximum atomic E-state index is 13.3. The van der Waals surface area contributed by atoms with Crippen LogP contribution >= 0.6 is 23.1 Å². The van der Waals surface area contributed by atoms with Crippen LogP contribution in [0.2, 0.25) is 0 Å². The minimum absolute atomic E-state index is 0.0292. The van der Waals surface area contributed by atoms with Gasteiger partial charge in [0.1, 0.15) is 4.83 Å². The molecule has 27 heavy (non-hydrogen) atoms. The van der Waals surface area contributed by atoms with Crippen molar-refractivity contribution >= 4 is 39.2 Å². The van der Waals surface area contributed by atoms with Crippen molar-refractivity contribution in [2.45, 2.75) is 57.1 Å². The standard InChI is InChI=1S/C19H24N4O2S2/c1-12-13(2)27-17-16(12)18(25)23(14-7-4-5-8-14)19(21-17)26-11-15(24)22(3)10-6-9-20/h14H,4-8,10-11H2,1-3H3. The summed E-state index contributed by atoms with van der Waals surface area (Å²) in [6, 6.07) is 2.22. The Morgan fingerprint density at radius 1 is 1.41 bits per heavy atom. The summed E-state index contributed by atoms with van der Waals surface area (Å²) in [6.45, 7) is 4.42. The maximum Gasteiger partial charge on any atom is 0.263 e. The summed E-state index contributed by atoms with van der Waals surface area (Å²) >= 11 is 2.87. The first-order chi connectivity index (χ1) is 12.9.